The quantitative estimate of drug-likeness (QED) is 0.881. The largest absolute Gasteiger partial charge is 0.481 e. The number of anilines is 1. The molecule has 4 nitrogen and oxygen atoms in total. The molecular weight excluding hydrogens is 260 g/mol. The van der Waals surface area contributed by atoms with E-state index in [-0.39, 0.29) is 6.42 Å². The van der Waals surface area contributed by atoms with Crippen LogP contribution >= 0.6 is 11.3 Å². The molecule has 1 aromatic carbocycles. The zero-order chi connectivity index (χ0) is 13.7. The molecule has 1 heterocycles. The number of nitrogens with zero attached hydrogens (tertiary/aromatic N) is 2. The minimum absolute atomic E-state index is 0.0145. The van der Waals surface area contributed by atoms with Crippen molar-refractivity contribution in [2.45, 2.75) is 19.9 Å². The summed E-state index contributed by atoms with van der Waals surface area (Å²) in [7, 11) is 0. The van der Waals surface area contributed by atoms with E-state index in [4.69, 9.17) is 5.11 Å². The van der Waals surface area contributed by atoms with Gasteiger partial charge in [-0.15, -0.1) is 11.3 Å². The summed E-state index contributed by atoms with van der Waals surface area (Å²) in [4.78, 5) is 17.2. The molecule has 0 saturated carbocycles. The first-order chi connectivity index (χ1) is 9.19. The number of rotatable bonds is 6. The Morgan fingerprint density at radius 2 is 2.11 bits per heavy atom. The van der Waals surface area contributed by atoms with Crippen LogP contribution in [0.15, 0.2) is 35.7 Å². The van der Waals surface area contributed by atoms with Crippen LogP contribution in [0.2, 0.25) is 0 Å². The van der Waals surface area contributed by atoms with E-state index >= 15 is 0 Å². The minimum atomic E-state index is -0.844. The second-order valence-electron chi connectivity index (χ2n) is 4.19. The molecule has 1 aromatic heterocycles. The first kappa shape index (κ1) is 13.5. The van der Waals surface area contributed by atoms with Gasteiger partial charge in [-0.1, -0.05) is 30.3 Å². The molecule has 0 saturated heterocycles. The molecule has 0 bridgehead atoms. The van der Waals surface area contributed by atoms with Crippen molar-refractivity contribution < 1.29 is 9.90 Å². The number of hydrogen-bond acceptors (Lipinski definition) is 4. The van der Waals surface area contributed by atoms with E-state index in [0.29, 0.717) is 5.69 Å². The average molecular weight is 276 g/mol. The maximum absolute atomic E-state index is 10.7. The fourth-order valence-corrected chi connectivity index (χ4v) is 2.69. The van der Waals surface area contributed by atoms with Gasteiger partial charge in [-0.25, -0.2) is 4.98 Å². The van der Waals surface area contributed by atoms with Crippen LogP contribution in [0.5, 0.6) is 0 Å². The van der Waals surface area contributed by atoms with Crippen molar-refractivity contribution in [1.82, 2.24) is 4.98 Å². The smallest absolute Gasteiger partial charge is 0.309 e. The van der Waals surface area contributed by atoms with Crippen molar-refractivity contribution in [2.24, 2.45) is 0 Å². The van der Waals surface area contributed by atoms with Gasteiger partial charge in [0, 0.05) is 18.5 Å². The normalized spacial score (nSPS) is 10.4. The standard InChI is InChI=1S/C14H16N2O2S/c1-2-16(9-11-6-4-3-5-7-11)14-15-12(10-19-14)8-13(17)18/h3-7,10H,2,8-9H2,1H3,(H,17,18). The fraction of sp³-hybridized carbons (Fsp3) is 0.286. The van der Waals surface area contributed by atoms with Crippen LogP contribution < -0.4 is 4.90 Å². The number of aromatic nitrogens is 1. The Labute approximate surface area is 116 Å². The van der Waals surface area contributed by atoms with Crippen molar-refractivity contribution in [3.63, 3.8) is 0 Å². The van der Waals surface area contributed by atoms with E-state index in [9.17, 15) is 4.79 Å². The number of carboxylic acids is 1. The lowest BCUT2D eigenvalue weighted by Gasteiger charge is -2.19. The molecule has 0 amide bonds. The second kappa shape index (κ2) is 6.33. The van der Waals surface area contributed by atoms with E-state index in [0.717, 1.165) is 18.2 Å². The summed E-state index contributed by atoms with van der Waals surface area (Å²) >= 11 is 1.49. The molecule has 0 aliphatic rings. The predicted octanol–water partition coefficient (Wildman–Crippen LogP) is 2.80. The second-order valence-corrected chi connectivity index (χ2v) is 5.03. The summed E-state index contributed by atoms with van der Waals surface area (Å²) in [6.07, 6.45) is -0.0145. The number of aliphatic carboxylic acids is 1. The van der Waals surface area contributed by atoms with E-state index < -0.39 is 5.97 Å². The molecular formula is C14H16N2O2S. The van der Waals surface area contributed by atoms with Gasteiger partial charge in [0.15, 0.2) is 5.13 Å². The summed E-state index contributed by atoms with van der Waals surface area (Å²) in [5, 5.41) is 11.5. The predicted molar refractivity (Wildman–Crippen MR) is 76.6 cm³/mol. The van der Waals surface area contributed by atoms with Gasteiger partial charge >= 0.3 is 5.97 Å². The summed E-state index contributed by atoms with van der Waals surface area (Å²) < 4.78 is 0. The summed E-state index contributed by atoms with van der Waals surface area (Å²) in [5.41, 5.74) is 1.85. The number of carboxylic acid groups (broad SMARTS) is 1. The lowest BCUT2D eigenvalue weighted by Crippen LogP contribution is -2.21. The third kappa shape index (κ3) is 3.79. The monoisotopic (exact) mass is 276 g/mol. The van der Waals surface area contributed by atoms with Gasteiger partial charge in [-0.05, 0) is 12.5 Å². The van der Waals surface area contributed by atoms with Crippen LogP contribution in [0.25, 0.3) is 0 Å². The van der Waals surface area contributed by atoms with Gasteiger partial charge in [0.1, 0.15) is 0 Å². The van der Waals surface area contributed by atoms with Gasteiger partial charge in [0.25, 0.3) is 0 Å². The molecule has 0 aliphatic carbocycles. The zero-order valence-corrected chi connectivity index (χ0v) is 11.6. The van der Waals surface area contributed by atoms with Crippen LogP contribution in [0, 0.1) is 0 Å². The maximum Gasteiger partial charge on any atom is 0.309 e. The molecule has 0 fully saturated rings. The third-order valence-electron chi connectivity index (χ3n) is 2.74. The fourth-order valence-electron chi connectivity index (χ4n) is 1.80. The average Bonchev–Trinajstić information content (AvgIpc) is 2.84. The van der Waals surface area contributed by atoms with Gasteiger partial charge in [-0.2, -0.15) is 0 Å². The minimum Gasteiger partial charge on any atom is -0.481 e. The van der Waals surface area contributed by atoms with Crippen molar-refractivity contribution in [2.75, 3.05) is 11.4 Å². The highest BCUT2D eigenvalue weighted by Gasteiger charge is 2.11. The lowest BCUT2D eigenvalue weighted by atomic mass is 10.2. The molecule has 100 valence electrons. The van der Waals surface area contributed by atoms with Crippen molar-refractivity contribution in [1.29, 1.82) is 0 Å². The zero-order valence-electron chi connectivity index (χ0n) is 10.7. The number of carbonyl (C=O) groups is 1. The van der Waals surface area contributed by atoms with E-state index in [2.05, 4.69) is 28.9 Å². The van der Waals surface area contributed by atoms with Crippen LogP contribution in [-0.2, 0) is 17.8 Å². The molecule has 0 atom stereocenters. The summed E-state index contributed by atoms with van der Waals surface area (Å²) in [6.45, 7) is 3.70. The Balaban J connectivity index is 2.09. The van der Waals surface area contributed by atoms with Crippen molar-refractivity contribution >= 4 is 22.4 Å². The van der Waals surface area contributed by atoms with E-state index in [1.807, 2.05) is 23.6 Å². The molecule has 2 rings (SSSR count). The molecule has 5 heteroatoms. The highest BCUT2D eigenvalue weighted by molar-refractivity contribution is 7.13. The lowest BCUT2D eigenvalue weighted by molar-refractivity contribution is -0.136. The Morgan fingerprint density at radius 3 is 2.74 bits per heavy atom. The molecule has 0 radical (unpaired) electrons. The maximum atomic E-state index is 10.7. The summed E-state index contributed by atoms with van der Waals surface area (Å²) in [6, 6.07) is 10.2. The van der Waals surface area contributed by atoms with Crippen LogP contribution in [0.3, 0.4) is 0 Å². The SMILES string of the molecule is CCN(Cc1ccccc1)c1nc(CC(=O)O)cs1. The van der Waals surface area contributed by atoms with Gasteiger partial charge in [0.2, 0.25) is 0 Å². The van der Waals surface area contributed by atoms with Gasteiger partial charge in [-0.3, -0.25) is 4.79 Å². The Morgan fingerprint density at radius 1 is 1.37 bits per heavy atom. The van der Waals surface area contributed by atoms with Gasteiger partial charge < -0.3 is 10.0 Å². The molecule has 2 aromatic rings. The first-order valence-electron chi connectivity index (χ1n) is 6.14. The number of hydrogen-bond donors (Lipinski definition) is 1. The molecule has 1 N–H and O–H groups in total. The Hall–Kier alpha value is -1.88. The van der Waals surface area contributed by atoms with Crippen LogP contribution in [0.1, 0.15) is 18.2 Å². The van der Waals surface area contributed by atoms with Gasteiger partial charge in [0.05, 0.1) is 12.1 Å². The van der Waals surface area contributed by atoms with Crippen molar-refractivity contribution in [3.8, 4) is 0 Å². The highest BCUT2D eigenvalue weighted by Crippen LogP contribution is 2.22. The van der Waals surface area contributed by atoms with Crippen molar-refractivity contribution in [3.05, 3.63) is 47.0 Å². The first-order valence-corrected chi connectivity index (χ1v) is 7.02. The molecule has 0 unspecified atom stereocenters. The van der Waals surface area contributed by atoms with E-state index in [1.165, 1.54) is 16.9 Å². The van der Waals surface area contributed by atoms with Crippen LogP contribution in [-0.4, -0.2) is 22.6 Å². The van der Waals surface area contributed by atoms with E-state index in [1.54, 1.807) is 0 Å². The summed E-state index contributed by atoms with van der Waals surface area (Å²) in [5.74, 6) is -0.844. The third-order valence-corrected chi connectivity index (χ3v) is 3.69. The molecule has 0 spiro atoms. The molecule has 19 heavy (non-hydrogen) atoms. The van der Waals surface area contributed by atoms with Crippen LogP contribution in [0.4, 0.5) is 5.13 Å². The number of benzene rings is 1. The molecule has 0 aliphatic heterocycles. The Bertz CT molecular complexity index is 539. The Kier molecular flexibility index (Phi) is 4.52. The topological polar surface area (TPSA) is 53.4 Å². The number of thiazole rings is 1. The highest BCUT2D eigenvalue weighted by atomic mass is 32.1.